The van der Waals surface area contributed by atoms with E-state index in [-0.39, 0.29) is 30.4 Å². The molecule has 0 amide bonds. The Morgan fingerprint density at radius 1 is 0.711 bits per heavy atom. The number of halogens is 6. The molecular weight excluding hydrogens is 510 g/mol. The molecule has 0 spiro atoms. The van der Waals surface area contributed by atoms with Gasteiger partial charge in [-0.2, -0.15) is 4.39 Å². The van der Waals surface area contributed by atoms with Crippen LogP contribution in [0.2, 0.25) is 0 Å². The van der Waals surface area contributed by atoms with Crippen LogP contribution in [0.1, 0.15) is 67.4 Å². The molecule has 0 fully saturated rings. The molecule has 0 radical (unpaired) electrons. The van der Waals surface area contributed by atoms with E-state index in [2.05, 4.69) is 0 Å². The first kappa shape index (κ1) is 29.1. The minimum atomic E-state index is -1.57. The average molecular weight is 539 g/mol. The van der Waals surface area contributed by atoms with Crippen molar-refractivity contribution in [2.24, 2.45) is 0 Å². The molecule has 0 aliphatic carbocycles. The Morgan fingerprint density at radius 2 is 1.29 bits per heavy atom. The quantitative estimate of drug-likeness (QED) is 0.198. The van der Waals surface area contributed by atoms with Gasteiger partial charge in [0, 0.05) is 11.1 Å². The topological polar surface area (TPSA) is 46.5 Å². The van der Waals surface area contributed by atoms with Crippen LogP contribution in [0.3, 0.4) is 0 Å². The molecule has 0 aromatic heterocycles. The Hall–Kier alpha value is -3.49. The minimum absolute atomic E-state index is 0.0212. The van der Waals surface area contributed by atoms with E-state index in [9.17, 15) is 36.2 Å². The second-order valence-corrected chi connectivity index (χ2v) is 9.02. The lowest BCUT2D eigenvalue weighted by atomic mass is 9.98. The summed E-state index contributed by atoms with van der Waals surface area (Å²) < 4.78 is 91.3. The maximum Gasteiger partial charge on any atom is 0.341 e. The second-order valence-electron chi connectivity index (χ2n) is 9.02. The molecule has 38 heavy (non-hydrogen) atoms. The van der Waals surface area contributed by atoms with Gasteiger partial charge in [-0.1, -0.05) is 44.9 Å². The number of carbonyl (C=O) groups is 1. The molecular formula is C29H28F6O3. The van der Waals surface area contributed by atoms with E-state index < -0.39 is 69.4 Å². The van der Waals surface area contributed by atoms with Crippen LogP contribution in [0.15, 0.2) is 36.4 Å². The Labute approximate surface area is 217 Å². The van der Waals surface area contributed by atoms with E-state index in [1.54, 1.807) is 0 Å². The van der Waals surface area contributed by atoms with Gasteiger partial charge in [0.15, 0.2) is 34.8 Å². The molecule has 1 unspecified atom stereocenters. The monoisotopic (exact) mass is 538 g/mol. The van der Waals surface area contributed by atoms with Gasteiger partial charge in [-0.05, 0) is 61.4 Å². The normalized spacial score (nSPS) is 12.0. The fraction of sp³-hybridized carbons (Fsp3) is 0.345. The first-order valence-corrected chi connectivity index (χ1v) is 12.4. The minimum Gasteiger partial charge on any atom is -0.505 e. The fourth-order valence-electron chi connectivity index (χ4n) is 4.27. The second kappa shape index (κ2) is 12.8. The SMILES string of the molecule is CCCc1ccc(C(=O)OC(CCC)CCCc2ccc(-c3ccc(O)c(F)c3F)c(F)c2F)c(F)c1F. The number of benzene rings is 3. The van der Waals surface area contributed by atoms with Gasteiger partial charge in [-0.15, -0.1) is 0 Å². The molecule has 0 heterocycles. The number of rotatable bonds is 11. The van der Waals surface area contributed by atoms with Crippen molar-refractivity contribution >= 4 is 5.97 Å². The molecule has 204 valence electrons. The number of carbonyl (C=O) groups excluding carboxylic acids is 1. The summed E-state index contributed by atoms with van der Waals surface area (Å²) in [5, 5.41) is 9.25. The van der Waals surface area contributed by atoms with Gasteiger partial charge in [-0.3, -0.25) is 0 Å². The van der Waals surface area contributed by atoms with E-state index >= 15 is 0 Å². The average Bonchev–Trinajstić information content (AvgIpc) is 2.89. The van der Waals surface area contributed by atoms with Gasteiger partial charge in [-0.25, -0.2) is 26.7 Å². The number of aryl methyl sites for hydroxylation is 2. The number of esters is 1. The van der Waals surface area contributed by atoms with Crippen LogP contribution in [0.4, 0.5) is 26.3 Å². The number of phenols is 1. The van der Waals surface area contributed by atoms with Gasteiger partial charge in [0.1, 0.15) is 6.10 Å². The lowest BCUT2D eigenvalue weighted by molar-refractivity contribution is 0.0249. The number of hydrogen-bond donors (Lipinski definition) is 1. The van der Waals surface area contributed by atoms with Crippen LogP contribution in [-0.4, -0.2) is 17.2 Å². The lowest BCUT2D eigenvalue weighted by Gasteiger charge is -2.18. The Bertz CT molecular complexity index is 1310. The highest BCUT2D eigenvalue weighted by molar-refractivity contribution is 5.90. The molecule has 0 aliphatic rings. The molecule has 0 saturated carbocycles. The Balaban J connectivity index is 1.69. The summed E-state index contributed by atoms with van der Waals surface area (Å²) >= 11 is 0. The molecule has 3 nitrogen and oxygen atoms in total. The highest BCUT2D eigenvalue weighted by atomic mass is 19.2. The molecule has 1 N–H and O–H groups in total. The van der Waals surface area contributed by atoms with Crippen molar-refractivity contribution in [1.82, 2.24) is 0 Å². The van der Waals surface area contributed by atoms with Crippen molar-refractivity contribution in [3.8, 4) is 16.9 Å². The first-order chi connectivity index (χ1) is 18.1. The third kappa shape index (κ3) is 6.31. The number of hydrogen-bond acceptors (Lipinski definition) is 3. The van der Waals surface area contributed by atoms with E-state index in [1.807, 2.05) is 13.8 Å². The molecule has 9 heteroatoms. The zero-order valence-corrected chi connectivity index (χ0v) is 21.0. The predicted octanol–water partition coefficient (Wildman–Crippen LogP) is 8.19. The van der Waals surface area contributed by atoms with E-state index in [0.717, 1.165) is 18.2 Å². The van der Waals surface area contributed by atoms with Gasteiger partial charge >= 0.3 is 5.97 Å². The van der Waals surface area contributed by atoms with Crippen molar-refractivity contribution in [3.63, 3.8) is 0 Å². The molecule has 3 rings (SSSR count). The molecule has 0 saturated heterocycles. The van der Waals surface area contributed by atoms with Crippen LogP contribution in [0.5, 0.6) is 5.75 Å². The van der Waals surface area contributed by atoms with Crippen LogP contribution in [-0.2, 0) is 17.6 Å². The molecule has 1 atom stereocenters. The smallest absolute Gasteiger partial charge is 0.341 e. The number of phenolic OH excluding ortho intramolecular Hbond substituents is 1. The highest BCUT2D eigenvalue weighted by Gasteiger charge is 2.24. The Kier molecular flexibility index (Phi) is 9.83. The largest absolute Gasteiger partial charge is 0.505 e. The summed E-state index contributed by atoms with van der Waals surface area (Å²) in [4.78, 5) is 12.5. The van der Waals surface area contributed by atoms with Crippen LogP contribution < -0.4 is 0 Å². The van der Waals surface area contributed by atoms with Crippen molar-refractivity contribution < 1.29 is 41.0 Å². The summed E-state index contributed by atoms with van der Waals surface area (Å²) in [5.74, 6) is -9.97. The fourth-order valence-corrected chi connectivity index (χ4v) is 4.27. The summed E-state index contributed by atoms with van der Waals surface area (Å²) in [6.45, 7) is 3.67. The highest BCUT2D eigenvalue weighted by Crippen LogP contribution is 2.33. The van der Waals surface area contributed by atoms with Crippen molar-refractivity contribution in [3.05, 3.63) is 88.0 Å². The van der Waals surface area contributed by atoms with Gasteiger partial charge in [0.25, 0.3) is 0 Å². The van der Waals surface area contributed by atoms with E-state index in [1.165, 1.54) is 18.2 Å². The first-order valence-electron chi connectivity index (χ1n) is 12.4. The zero-order chi connectivity index (χ0) is 28.0. The van der Waals surface area contributed by atoms with Crippen molar-refractivity contribution in [1.29, 1.82) is 0 Å². The third-order valence-electron chi connectivity index (χ3n) is 6.27. The summed E-state index contributed by atoms with van der Waals surface area (Å²) in [6.07, 6.45) is 1.88. The van der Waals surface area contributed by atoms with Crippen LogP contribution in [0.25, 0.3) is 11.1 Å². The number of ether oxygens (including phenoxy) is 1. The van der Waals surface area contributed by atoms with Crippen molar-refractivity contribution in [2.75, 3.05) is 0 Å². The summed E-state index contributed by atoms with van der Waals surface area (Å²) in [6, 6.07) is 6.69. The van der Waals surface area contributed by atoms with Crippen LogP contribution in [0, 0.1) is 34.9 Å². The maximum absolute atomic E-state index is 14.7. The Morgan fingerprint density at radius 3 is 1.95 bits per heavy atom. The molecule has 3 aromatic rings. The standard InChI is InChI=1S/C29H28F6O3/c1-3-6-16-11-13-21(27(34)23(16)30)29(37)38-18(7-4-2)9-5-8-17-10-12-19(25(32)24(17)31)20-14-15-22(36)28(35)26(20)33/h10-15,18,36H,3-9H2,1-2H3. The molecule has 0 aliphatic heterocycles. The molecule has 3 aromatic carbocycles. The van der Waals surface area contributed by atoms with Gasteiger partial charge < -0.3 is 9.84 Å². The van der Waals surface area contributed by atoms with Gasteiger partial charge in [0.2, 0.25) is 5.82 Å². The van der Waals surface area contributed by atoms with Crippen molar-refractivity contribution in [2.45, 2.75) is 64.9 Å². The maximum atomic E-state index is 14.7. The van der Waals surface area contributed by atoms with E-state index in [0.29, 0.717) is 25.7 Å². The van der Waals surface area contributed by atoms with Gasteiger partial charge in [0.05, 0.1) is 5.56 Å². The summed E-state index contributed by atoms with van der Waals surface area (Å²) in [7, 11) is 0. The number of aromatic hydroxyl groups is 1. The third-order valence-corrected chi connectivity index (χ3v) is 6.27. The summed E-state index contributed by atoms with van der Waals surface area (Å²) in [5.41, 5.74) is -1.40. The van der Waals surface area contributed by atoms with Crippen LogP contribution >= 0.6 is 0 Å². The zero-order valence-electron chi connectivity index (χ0n) is 21.0. The lowest BCUT2D eigenvalue weighted by Crippen LogP contribution is -2.20. The van der Waals surface area contributed by atoms with E-state index in [4.69, 9.17) is 4.74 Å². The predicted molar refractivity (Wildman–Crippen MR) is 131 cm³/mol. The molecule has 0 bridgehead atoms.